The summed E-state index contributed by atoms with van der Waals surface area (Å²) in [6, 6.07) is 5.81. The molecule has 0 radical (unpaired) electrons. The fraction of sp³-hybridized carbons (Fsp3) is 0.500. The molecule has 2 bridgehead atoms. The van der Waals surface area contributed by atoms with Crippen LogP contribution in [0.25, 0.3) is 44.1 Å². The molecule has 254 valence electrons. The quantitative estimate of drug-likeness (QED) is 0.244. The highest BCUT2D eigenvalue weighted by molar-refractivity contribution is 6.17. The van der Waals surface area contributed by atoms with Gasteiger partial charge in [0.15, 0.2) is 5.69 Å². The summed E-state index contributed by atoms with van der Waals surface area (Å²) >= 11 is 0. The van der Waals surface area contributed by atoms with Crippen molar-refractivity contribution in [2.75, 3.05) is 37.7 Å². The van der Waals surface area contributed by atoms with Gasteiger partial charge < -0.3 is 19.5 Å². The topological polar surface area (TPSA) is 124 Å². The first-order valence-electron chi connectivity index (χ1n) is 16.7. The number of aromatic amines is 1. The van der Waals surface area contributed by atoms with Crippen LogP contribution in [0.3, 0.4) is 0 Å². The summed E-state index contributed by atoms with van der Waals surface area (Å²) in [7, 11) is 1.75. The van der Waals surface area contributed by atoms with E-state index in [1.165, 1.54) is 19.2 Å². The number of rotatable bonds is 5. The average Bonchev–Trinajstić information content (AvgIpc) is 3.86. The first kappa shape index (κ1) is 30.5. The lowest BCUT2D eigenvalue weighted by Crippen LogP contribution is -2.51. The van der Waals surface area contributed by atoms with Crippen molar-refractivity contribution in [2.24, 2.45) is 7.05 Å². The van der Waals surface area contributed by atoms with Crippen molar-refractivity contribution < 1.29 is 22.3 Å². The lowest BCUT2D eigenvalue weighted by atomic mass is 9.92. The molecule has 0 aliphatic carbocycles. The number of H-pyrrole nitrogens is 1. The Morgan fingerprint density at radius 2 is 1.94 bits per heavy atom. The Morgan fingerprint density at radius 1 is 1.14 bits per heavy atom. The van der Waals surface area contributed by atoms with E-state index in [0.29, 0.717) is 59.3 Å². The minimum Gasteiger partial charge on any atom is -0.461 e. The fourth-order valence-corrected chi connectivity index (χ4v) is 9.10. The SMILES string of the molecule is Cc1cc2[nH]nc(C#N)c2c(-c2nccc3c4c(N5C[C@H]6CC[C@@H](C5)N6)nc(OC[C@@]56CCCN5C[C@H](F)C6)nc4n(C)c23)c1C(F)(F)F. The molecule has 4 fully saturated rings. The number of alkyl halides is 4. The van der Waals surface area contributed by atoms with Crippen LogP contribution in [0.5, 0.6) is 6.01 Å². The largest absolute Gasteiger partial charge is 0.461 e. The average molecular weight is 675 g/mol. The number of piperazine rings is 1. The molecule has 8 heterocycles. The molecular weight excluding hydrogens is 640 g/mol. The molecule has 9 rings (SSSR count). The van der Waals surface area contributed by atoms with Crippen molar-refractivity contribution in [3.05, 3.63) is 35.2 Å². The predicted molar refractivity (Wildman–Crippen MR) is 174 cm³/mol. The highest BCUT2D eigenvalue weighted by Gasteiger charge is 2.49. The summed E-state index contributed by atoms with van der Waals surface area (Å²) in [5.41, 5.74) is -0.387. The zero-order valence-corrected chi connectivity index (χ0v) is 27.0. The molecule has 4 saturated heterocycles. The Labute approximate surface area is 278 Å². The summed E-state index contributed by atoms with van der Waals surface area (Å²) in [5.74, 6) is 0.642. The number of nitrogens with one attached hydrogen (secondary N) is 2. The van der Waals surface area contributed by atoms with E-state index < -0.39 is 23.5 Å². The summed E-state index contributed by atoms with van der Waals surface area (Å²) in [6.07, 6.45) is 0.130. The number of benzene rings is 1. The monoisotopic (exact) mass is 674 g/mol. The molecule has 0 saturated carbocycles. The number of hydrogen-bond acceptors (Lipinski definition) is 9. The Balaban J connectivity index is 1.28. The van der Waals surface area contributed by atoms with Crippen molar-refractivity contribution in [1.29, 1.82) is 5.26 Å². The Kier molecular flexibility index (Phi) is 6.68. The molecule has 0 unspecified atom stereocenters. The molecule has 15 heteroatoms. The number of aryl methyl sites for hydroxylation is 2. The van der Waals surface area contributed by atoms with Crippen LogP contribution >= 0.6 is 0 Å². The summed E-state index contributed by atoms with van der Waals surface area (Å²) in [4.78, 5) is 18.8. The highest BCUT2D eigenvalue weighted by atomic mass is 19.4. The molecular formula is C34H34F4N10O. The van der Waals surface area contributed by atoms with Gasteiger partial charge in [0.05, 0.1) is 33.2 Å². The van der Waals surface area contributed by atoms with Gasteiger partial charge >= 0.3 is 12.2 Å². The number of nitrogens with zero attached hydrogens (tertiary/aromatic N) is 8. The molecule has 4 aromatic heterocycles. The van der Waals surface area contributed by atoms with Crippen molar-refractivity contribution in [3.8, 4) is 23.3 Å². The Morgan fingerprint density at radius 3 is 2.69 bits per heavy atom. The van der Waals surface area contributed by atoms with Crippen molar-refractivity contribution in [2.45, 2.75) is 69.0 Å². The van der Waals surface area contributed by atoms with Crippen LogP contribution in [0.2, 0.25) is 0 Å². The van der Waals surface area contributed by atoms with E-state index in [0.717, 1.165) is 32.2 Å². The minimum absolute atomic E-state index is 0.0177. The van der Waals surface area contributed by atoms with E-state index in [-0.39, 0.29) is 52.6 Å². The fourth-order valence-electron chi connectivity index (χ4n) is 9.10. The van der Waals surface area contributed by atoms with Crippen LogP contribution in [0.15, 0.2) is 18.3 Å². The zero-order chi connectivity index (χ0) is 33.8. The van der Waals surface area contributed by atoms with Crippen LogP contribution < -0.4 is 15.0 Å². The smallest absolute Gasteiger partial charge is 0.417 e. The molecule has 49 heavy (non-hydrogen) atoms. The lowest BCUT2D eigenvalue weighted by Gasteiger charge is -2.34. The van der Waals surface area contributed by atoms with Gasteiger partial charge in [0.1, 0.15) is 30.3 Å². The third kappa shape index (κ3) is 4.60. The van der Waals surface area contributed by atoms with Gasteiger partial charge in [0.25, 0.3) is 0 Å². The van der Waals surface area contributed by atoms with Gasteiger partial charge in [-0.15, -0.1) is 0 Å². The van der Waals surface area contributed by atoms with Gasteiger partial charge in [-0.3, -0.25) is 15.0 Å². The van der Waals surface area contributed by atoms with Gasteiger partial charge in [-0.05, 0) is 56.8 Å². The highest BCUT2D eigenvalue weighted by Crippen LogP contribution is 2.47. The maximum Gasteiger partial charge on any atom is 0.417 e. The summed E-state index contributed by atoms with van der Waals surface area (Å²) in [6.45, 7) is 4.27. The second-order valence-corrected chi connectivity index (χ2v) is 14.1. The van der Waals surface area contributed by atoms with E-state index in [4.69, 9.17) is 14.7 Å². The second-order valence-electron chi connectivity index (χ2n) is 14.1. The third-order valence-electron chi connectivity index (χ3n) is 11.1. The molecule has 11 nitrogen and oxygen atoms in total. The number of fused-ring (bicyclic) bond motifs is 7. The second kappa shape index (κ2) is 10.7. The van der Waals surface area contributed by atoms with E-state index >= 15 is 0 Å². The standard InChI is InChI=1S/C34H34F4N10O/c1-17-10-22-25(23(12-39)45-44-22)26(27(17)34(36,37)38)28-29-21(6-8-40-28)24-30(46(29)2)42-32(43-31(24)47-14-19-4-5-20(15-47)41-19)49-16-33-7-3-9-48(33)13-18(35)11-33/h6,8,10,18-20,41H,3-5,7,9,11,13-16H2,1-2H3,(H,44,45)/t18-,19-,20+,33+/m1/s1. The van der Waals surface area contributed by atoms with Crippen LogP contribution in [-0.4, -0.2) is 91.2 Å². The molecule has 0 amide bonds. The molecule has 2 N–H and O–H groups in total. The van der Waals surface area contributed by atoms with E-state index in [9.17, 15) is 22.8 Å². The van der Waals surface area contributed by atoms with Gasteiger partial charge in [0.2, 0.25) is 0 Å². The summed E-state index contributed by atoms with van der Waals surface area (Å²) in [5, 5.41) is 21.7. The van der Waals surface area contributed by atoms with Gasteiger partial charge in [-0.1, -0.05) is 0 Å². The van der Waals surface area contributed by atoms with E-state index in [1.54, 1.807) is 17.7 Å². The molecule has 4 atom stereocenters. The molecule has 4 aliphatic heterocycles. The van der Waals surface area contributed by atoms with Crippen molar-refractivity contribution in [3.63, 3.8) is 0 Å². The normalized spacial score (nSPS) is 25.6. The maximum absolute atomic E-state index is 14.9. The zero-order valence-electron chi connectivity index (χ0n) is 27.0. The molecule has 4 aliphatic rings. The number of pyridine rings is 1. The first-order chi connectivity index (χ1) is 23.5. The molecule has 1 aromatic carbocycles. The van der Waals surface area contributed by atoms with Gasteiger partial charge in [-0.25, -0.2) is 4.39 Å². The first-order valence-corrected chi connectivity index (χ1v) is 16.7. The Bertz CT molecular complexity index is 2190. The minimum atomic E-state index is -4.75. The number of anilines is 1. The predicted octanol–water partition coefficient (Wildman–Crippen LogP) is 5.15. The lowest BCUT2D eigenvalue weighted by molar-refractivity contribution is -0.137. The van der Waals surface area contributed by atoms with Crippen LogP contribution in [0.4, 0.5) is 23.4 Å². The molecule has 5 aromatic rings. The number of ether oxygens (including phenoxy) is 1. The Hall–Kier alpha value is -4.55. The maximum atomic E-state index is 14.9. The molecule has 0 spiro atoms. The van der Waals surface area contributed by atoms with Gasteiger partial charge in [0, 0.05) is 67.7 Å². The van der Waals surface area contributed by atoms with Crippen molar-refractivity contribution >= 4 is 38.7 Å². The summed E-state index contributed by atoms with van der Waals surface area (Å²) < 4.78 is 67.4. The number of aromatic nitrogens is 6. The van der Waals surface area contributed by atoms with E-state index in [1.807, 2.05) is 6.07 Å². The number of halogens is 4. The van der Waals surface area contributed by atoms with Crippen LogP contribution in [0.1, 0.15) is 48.9 Å². The van der Waals surface area contributed by atoms with Crippen LogP contribution in [-0.2, 0) is 13.2 Å². The van der Waals surface area contributed by atoms with E-state index in [2.05, 4.69) is 30.3 Å². The van der Waals surface area contributed by atoms with Gasteiger partial charge in [-0.2, -0.15) is 33.5 Å². The third-order valence-corrected chi connectivity index (χ3v) is 11.1. The van der Waals surface area contributed by atoms with Crippen molar-refractivity contribution in [1.82, 2.24) is 39.9 Å². The number of nitriles is 1. The van der Waals surface area contributed by atoms with Crippen LogP contribution in [0, 0.1) is 18.3 Å². The number of hydrogen-bond donors (Lipinski definition) is 2.